The quantitative estimate of drug-likeness (QED) is 0.837. The zero-order valence-electron chi connectivity index (χ0n) is 15.6. The number of hydrogen-bond acceptors (Lipinski definition) is 4. The second-order valence-corrected chi connectivity index (χ2v) is 7.70. The molecule has 1 aliphatic heterocycles. The Bertz CT molecular complexity index is 766. The minimum atomic E-state index is -0.330. The molecule has 1 N–H and O–H groups in total. The highest BCUT2D eigenvalue weighted by molar-refractivity contribution is 5.34. The average molecular weight is 371 g/mol. The van der Waals surface area contributed by atoms with E-state index in [0.29, 0.717) is 29.1 Å². The Morgan fingerprint density at radius 3 is 2.44 bits per heavy atom. The molecule has 1 saturated heterocycles. The number of hydrogen-bond donors (Lipinski definition) is 1. The lowest BCUT2D eigenvalue weighted by molar-refractivity contribution is 0.178. The van der Waals surface area contributed by atoms with Crippen molar-refractivity contribution in [2.75, 3.05) is 26.7 Å². The molecule has 3 atom stereocenters. The van der Waals surface area contributed by atoms with E-state index in [0.717, 1.165) is 38.9 Å². The molecule has 1 aliphatic carbocycles. The van der Waals surface area contributed by atoms with Crippen LogP contribution in [0.3, 0.4) is 0 Å². The first kappa shape index (κ1) is 18.1. The number of methoxy groups -OCH3 is 1. The third kappa shape index (κ3) is 4.19. The van der Waals surface area contributed by atoms with E-state index in [-0.39, 0.29) is 11.9 Å². The van der Waals surface area contributed by atoms with Crippen LogP contribution in [-0.4, -0.2) is 42.9 Å². The Labute approximate surface area is 159 Å². The van der Waals surface area contributed by atoms with Crippen LogP contribution in [0.1, 0.15) is 18.4 Å². The number of halogens is 1. The predicted molar refractivity (Wildman–Crippen MR) is 102 cm³/mol. The Morgan fingerprint density at radius 2 is 1.78 bits per heavy atom. The fraction of sp³-hybridized carbons (Fsp3) is 0.455. The molecule has 5 heteroatoms. The van der Waals surface area contributed by atoms with Crippen molar-refractivity contribution in [2.45, 2.75) is 25.4 Å². The van der Waals surface area contributed by atoms with Gasteiger partial charge >= 0.3 is 0 Å². The molecule has 0 radical (unpaired) electrons. The second-order valence-electron chi connectivity index (χ2n) is 7.70. The third-order valence-electron chi connectivity index (χ3n) is 5.87. The van der Waals surface area contributed by atoms with Crippen molar-refractivity contribution >= 4 is 0 Å². The summed E-state index contributed by atoms with van der Waals surface area (Å²) in [4.78, 5) is 2.52. The first-order valence-electron chi connectivity index (χ1n) is 9.61. The van der Waals surface area contributed by atoms with Crippen LogP contribution < -0.4 is 9.47 Å². The number of phenolic OH excluding ortho intramolecular Hbond substituents is 1. The fourth-order valence-electron chi connectivity index (χ4n) is 4.45. The van der Waals surface area contributed by atoms with Crippen molar-refractivity contribution in [3.05, 3.63) is 53.8 Å². The van der Waals surface area contributed by atoms with Crippen LogP contribution in [0.15, 0.2) is 42.5 Å². The molecule has 4 rings (SSSR count). The van der Waals surface area contributed by atoms with Gasteiger partial charge in [0.15, 0.2) is 11.6 Å². The molecule has 2 aromatic carbocycles. The maximum atomic E-state index is 14.0. The molecule has 2 aromatic rings. The van der Waals surface area contributed by atoms with Gasteiger partial charge in [0.05, 0.1) is 13.2 Å². The van der Waals surface area contributed by atoms with Gasteiger partial charge in [0.2, 0.25) is 0 Å². The zero-order chi connectivity index (χ0) is 18.8. The number of fused-ring (bicyclic) bond motifs is 1. The summed E-state index contributed by atoms with van der Waals surface area (Å²) in [5.74, 6) is 2.15. The van der Waals surface area contributed by atoms with Crippen molar-refractivity contribution in [1.82, 2.24) is 4.90 Å². The summed E-state index contributed by atoms with van der Waals surface area (Å²) >= 11 is 0. The molecule has 144 valence electrons. The average Bonchev–Trinajstić information content (AvgIpc) is 3.21. The first-order chi connectivity index (χ1) is 13.1. The summed E-state index contributed by atoms with van der Waals surface area (Å²) < 4.78 is 25.1. The summed E-state index contributed by atoms with van der Waals surface area (Å²) in [6.45, 7) is 3.21. The molecular formula is C22H26FNO3. The van der Waals surface area contributed by atoms with E-state index >= 15 is 0 Å². The molecule has 0 bridgehead atoms. The summed E-state index contributed by atoms with van der Waals surface area (Å²) in [5.41, 5.74) is 1.25. The van der Waals surface area contributed by atoms with Gasteiger partial charge in [-0.2, -0.15) is 0 Å². The highest BCUT2D eigenvalue weighted by Crippen LogP contribution is 2.40. The molecule has 1 unspecified atom stereocenters. The topological polar surface area (TPSA) is 41.9 Å². The highest BCUT2D eigenvalue weighted by Gasteiger charge is 2.41. The molecule has 0 aromatic heterocycles. The lowest BCUT2D eigenvalue weighted by Crippen LogP contribution is -2.26. The zero-order valence-corrected chi connectivity index (χ0v) is 15.6. The minimum absolute atomic E-state index is 0.0841. The number of nitrogens with zero attached hydrogens (tertiary/aromatic N) is 1. The number of rotatable bonds is 6. The van der Waals surface area contributed by atoms with Crippen molar-refractivity contribution in [3.63, 3.8) is 0 Å². The molecule has 2 aliphatic rings. The van der Waals surface area contributed by atoms with Gasteiger partial charge in [0.1, 0.15) is 11.5 Å². The van der Waals surface area contributed by atoms with E-state index in [4.69, 9.17) is 9.47 Å². The van der Waals surface area contributed by atoms with E-state index < -0.39 is 0 Å². The normalized spacial score (nSPS) is 24.7. The van der Waals surface area contributed by atoms with Crippen LogP contribution in [0.4, 0.5) is 4.39 Å². The van der Waals surface area contributed by atoms with Crippen LogP contribution in [0.25, 0.3) is 0 Å². The molecule has 0 amide bonds. The van der Waals surface area contributed by atoms with Crippen molar-refractivity contribution in [1.29, 1.82) is 0 Å². The van der Waals surface area contributed by atoms with Crippen molar-refractivity contribution in [3.8, 4) is 17.2 Å². The summed E-state index contributed by atoms with van der Waals surface area (Å²) in [5, 5.41) is 9.37. The van der Waals surface area contributed by atoms with Gasteiger partial charge in [0, 0.05) is 25.7 Å². The maximum absolute atomic E-state index is 14.0. The number of likely N-dealkylation sites (tertiary alicyclic amines) is 1. The number of benzene rings is 2. The largest absolute Gasteiger partial charge is 0.508 e. The lowest BCUT2D eigenvalue weighted by Gasteiger charge is -2.20. The van der Waals surface area contributed by atoms with E-state index in [1.807, 2.05) is 12.1 Å². The molecule has 1 saturated carbocycles. The van der Waals surface area contributed by atoms with Gasteiger partial charge < -0.3 is 19.5 Å². The van der Waals surface area contributed by atoms with E-state index in [2.05, 4.69) is 4.90 Å². The molecule has 27 heavy (non-hydrogen) atoms. The first-order valence-corrected chi connectivity index (χ1v) is 9.61. The van der Waals surface area contributed by atoms with E-state index in [9.17, 15) is 9.50 Å². The highest BCUT2D eigenvalue weighted by atomic mass is 19.1. The lowest BCUT2D eigenvalue weighted by atomic mass is 10.0. The molecule has 4 nitrogen and oxygen atoms in total. The number of aromatic hydroxyl groups is 1. The SMILES string of the molecule is COc1ccc(F)c(OC2C[C@@H]3CN(CCc4ccc(O)cc4)C[C@@H]3C2)c1. The Morgan fingerprint density at radius 1 is 1.07 bits per heavy atom. The van der Waals surface area contributed by atoms with E-state index in [1.54, 1.807) is 31.4 Å². The third-order valence-corrected chi connectivity index (χ3v) is 5.87. The van der Waals surface area contributed by atoms with Crippen LogP contribution in [0.2, 0.25) is 0 Å². The monoisotopic (exact) mass is 371 g/mol. The van der Waals surface area contributed by atoms with Gasteiger partial charge in [-0.1, -0.05) is 12.1 Å². The standard InChI is InChI=1S/C22H26FNO3/c1-26-19-6-7-21(23)22(12-19)27-20-10-16-13-24(14-17(16)11-20)9-8-15-2-4-18(25)5-3-15/h2-7,12,16-17,20,25H,8-11,13-14H2,1H3/t16-,17+,20?. The maximum Gasteiger partial charge on any atom is 0.165 e. The molecule has 0 spiro atoms. The summed E-state index contributed by atoms with van der Waals surface area (Å²) in [6.07, 6.45) is 3.05. The van der Waals surface area contributed by atoms with E-state index in [1.165, 1.54) is 11.6 Å². The second kappa shape index (κ2) is 7.77. The van der Waals surface area contributed by atoms with Gasteiger partial charge in [-0.25, -0.2) is 4.39 Å². The number of ether oxygens (including phenoxy) is 2. The van der Waals surface area contributed by atoms with Crippen LogP contribution in [0.5, 0.6) is 17.2 Å². The fourth-order valence-corrected chi connectivity index (χ4v) is 4.45. The summed E-state index contributed by atoms with van der Waals surface area (Å²) in [7, 11) is 1.57. The predicted octanol–water partition coefficient (Wildman–Crippen LogP) is 3.87. The van der Waals surface area contributed by atoms with Gasteiger partial charge in [-0.05, 0) is 60.9 Å². The summed E-state index contributed by atoms with van der Waals surface area (Å²) in [6, 6.07) is 12.1. The number of phenols is 1. The van der Waals surface area contributed by atoms with Gasteiger partial charge in [-0.15, -0.1) is 0 Å². The van der Waals surface area contributed by atoms with Crippen LogP contribution in [0, 0.1) is 17.7 Å². The Hall–Kier alpha value is -2.27. The van der Waals surface area contributed by atoms with Crippen LogP contribution >= 0.6 is 0 Å². The molecule has 1 heterocycles. The van der Waals surface area contributed by atoms with Crippen molar-refractivity contribution in [2.24, 2.45) is 11.8 Å². The molecular weight excluding hydrogens is 345 g/mol. The molecule has 2 fully saturated rings. The van der Waals surface area contributed by atoms with Gasteiger partial charge in [0.25, 0.3) is 0 Å². The Balaban J connectivity index is 1.27. The van der Waals surface area contributed by atoms with Crippen molar-refractivity contribution < 1.29 is 19.0 Å². The van der Waals surface area contributed by atoms with Crippen LogP contribution in [-0.2, 0) is 6.42 Å². The minimum Gasteiger partial charge on any atom is -0.508 e. The smallest absolute Gasteiger partial charge is 0.165 e. The van der Waals surface area contributed by atoms with Gasteiger partial charge in [-0.3, -0.25) is 0 Å². The Kier molecular flexibility index (Phi) is 5.21.